The molecule has 9 heteroatoms. The first-order chi connectivity index (χ1) is 14.0. The summed E-state index contributed by atoms with van der Waals surface area (Å²) >= 11 is 8.30. The Bertz CT molecular complexity index is 1170. The summed E-state index contributed by atoms with van der Waals surface area (Å²) in [5, 5.41) is 5.20. The molecule has 2 aromatic heterocycles. The lowest BCUT2D eigenvalue weighted by molar-refractivity contribution is 0.0700. The van der Waals surface area contributed by atoms with E-state index in [1.54, 1.807) is 12.3 Å². The number of esters is 1. The number of halogens is 1. The number of hydrazone groups is 1. The van der Waals surface area contributed by atoms with Gasteiger partial charge in [-0.15, -0.1) is 0 Å². The van der Waals surface area contributed by atoms with Gasteiger partial charge in [0.1, 0.15) is 11.3 Å². The maximum Gasteiger partial charge on any atom is 0.380 e. The van der Waals surface area contributed by atoms with Crippen LogP contribution in [0.15, 0.2) is 44.5 Å². The first kappa shape index (κ1) is 19.5. The van der Waals surface area contributed by atoms with Gasteiger partial charge < -0.3 is 14.9 Å². The molecule has 148 valence electrons. The third-order valence-electron chi connectivity index (χ3n) is 4.69. The third kappa shape index (κ3) is 3.75. The predicted molar refractivity (Wildman–Crippen MR) is 117 cm³/mol. The minimum atomic E-state index is -0.576. The number of hydrogen-bond acceptors (Lipinski definition) is 6. The van der Waals surface area contributed by atoms with E-state index in [0.29, 0.717) is 22.6 Å². The fourth-order valence-corrected chi connectivity index (χ4v) is 3.94. The summed E-state index contributed by atoms with van der Waals surface area (Å²) in [6.45, 7) is 1.82. The van der Waals surface area contributed by atoms with Crippen LogP contribution in [-0.4, -0.2) is 21.8 Å². The van der Waals surface area contributed by atoms with Crippen molar-refractivity contribution >= 4 is 55.8 Å². The number of aryl methyl sites for hydroxylation is 1. The lowest BCUT2D eigenvalue weighted by atomic mass is 9.93. The summed E-state index contributed by atoms with van der Waals surface area (Å²) in [6.07, 6.45) is 3.96. The van der Waals surface area contributed by atoms with Gasteiger partial charge in [0.2, 0.25) is 5.76 Å². The highest BCUT2D eigenvalue weighted by molar-refractivity contribution is 9.10. The first-order valence-electron chi connectivity index (χ1n) is 8.95. The van der Waals surface area contributed by atoms with Crippen LogP contribution in [0.3, 0.4) is 0 Å². The van der Waals surface area contributed by atoms with E-state index in [1.807, 2.05) is 25.1 Å². The average molecular weight is 473 g/mol. The number of pyridine rings is 1. The highest BCUT2D eigenvalue weighted by Crippen LogP contribution is 2.33. The highest BCUT2D eigenvalue weighted by atomic mass is 79.9. The summed E-state index contributed by atoms with van der Waals surface area (Å²) in [7, 11) is 0. The third-order valence-corrected chi connectivity index (χ3v) is 5.48. The van der Waals surface area contributed by atoms with E-state index in [2.05, 4.69) is 31.4 Å². The number of nitrogens with zero attached hydrogens (tertiary/aromatic N) is 2. The molecule has 3 N–H and O–H groups in total. The number of benzene rings is 1. The average Bonchev–Trinajstić information content (AvgIpc) is 3.06. The van der Waals surface area contributed by atoms with Gasteiger partial charge in [-0.05, 0) is 50.2 Å². The molecule has 7 nitrogen and oxygen atoms in total. The van der Waals surface area contributed by atoms with Gasteiger partial charge in [0.25, 0.3) is 0 Å². The lowest BCUT2D eigenvalue weighted by Crippen LogP contribution is -2.26. The van der Waals surface area contributed by atoms with Crippen LogP contribution in [0.4, 0.5) is 0 Å². The number of nitrogens with two attached hydrogens (primary N) is 1. The molecule has 1 aliphatic rings. The molecular formula is C20H17BrN4O3S. The Morgan fingerprint density at radius 2 is 2.21 bits per heavy atom. The number of carbonyl (C=O) groups is 1. The molecule has 0 atom stereocenters. The van der Waals surface area contributed by atoms with Gasteiger partial charge in [-0.3, -0.25) is 10.4 Å². The second-order valence-electron chi connectivity index (χ2n) is 6.58. The summed E-state index contributed by atoms with van der Waals surface area (Å²) in [5.41, 5.74) is 10.9. The summed E-state index contributed by atoms with van der Waals surface area (Å²) in [5.74, 6) is 0.661. The molecule has 0 saturated carbocycles. The molecule has 0 amide bonds. The van der Waals surface area contributed by atoms with Gasteiger partial charge in [0.05, 0.1) is 5.71 Å². The molecule has 0 radical (unpaired) electrons. The molecule has 3 aromatic rings. The topological polar surface area (TPSA) is 103 Å². The van der Waals surface area contributed by atoms with Crippen molar-refractivity contribution < 1.29 is 13.9 Å². The highest BCUT2D eigenvalue weighted by Gasteiger charge is 2.29. The van der Waals surface area contributed by atoms with Crippen molar-refractivity contribution in [2.75, 3.05) is 0 Å². The molecule has 0 unspecified atom stereocenters. The Kier molecular flexibility index (Phi) is 5.33. The molecule has 29 heavy (non-hydrogen) atoms. The van der Waals surface area contributed by atoms with Crippen LogP contribution in [0.2, 0.25) is 0 Å². The molecule has 0 spiro atoms. The van der Waals surface area contributed by atoms with E-state index in [9.17, 15) is 4.79 Å². The Hall–Kier alpha value is -2.78. The summed E-state index contributed by atoms with van der Waals surface area (Å²) in [4.78, 5) is 17.2. The van der Waals surface area contributed by atoms with Crippen molar-refractivity contribution in [3.05, 3.63) is 57.6 Å². The molecule has 2 heterocycles. The number of thiocarbonyl (C=S) groups is 1. The summed E-state index contributed by atoms with van der Waals surface area (Å²) in [6, 6.07) is 7.25. The maximum absolute atomic E-state index is 12.9. The second-order valence-corrected chi connectivity index (χ2v) is 7.87. The minimum Gasteiger partial charge on any atom is -0.453 e. The Balaban J connectivity index is 1.69. The Morgan fingerprint density at radius 3 is 3.00 bits per heavy atom. The van der Waals surface area contributed by atoms with Crippen molar-refractivity contribution in [3.8, 4) is 5.75 Å². The molecule has 1 aliphatic carbocycles. The van der Waals surface area contributed by atoms with Crippen molar-refractivity contribution in [2.45, 2.75) is 26.2 Å². The van der Waals surface area contributed by atoms with E-state index in [1.165, 1.54) is 0 Å². The minimum absolute atomic E-state index is 0.0834. The molecule has 0 fully saturated rings. The number of nitrogens with one attached hydrogen (secondary N) is 1. The Morgan fingerprint density at radius 1 is 1.38 bits per heavy atom. The quantitative estimate of drug-likeness (QED) is 0.257. The van der Waals surface area contributed by atoms with Gasteiger partial charge in [-0.2, -0.15) is 5.10 Å². The van der Waals surface area contributed by atoms with E-state index in [0.717, 1.165) is 40.4 Å². The van der Waals surface area contributed by atoms with Crippen LogP contribution < -0.4 is 15.9 Å². The van der Waals surface area contributed by atoms with Gasteiger partial charge >= 0.3 is 5.97 Å². The van der Waals surface area contributed by atoms with Crippen LogP contribution >= 0.6 is 28.1 Å². The molecule has 1 aromatic carbocycles. The number of fused-ring (bicyclic) bond motifs is 2. The molecule has 0 bridgehead atoms. The smallest absolute Gasteiger partial charge is 0.380 e. The van der Waals surface area contributed by atoms with E-state index < -0.39 is 5.97 Å². The second kappa shape index (κ2) is 7.92. The van der Waals surface area contributed by atoms with Gasteiger partial charge in [-0.25, -0.2) is 4.79 Å². The predicted octanol–water partition coefficient (Wildman–Crippen LogP) is 3.99. The maximum atomic E-state index is 12.9. The van der Waals surface area contributed by atoms with Crippen molar-refractivity contribution in [1.29, 1.82) is 0 Å². The largest absolute Gasteiger partial charge is 0.453 e. The lowest BCUT2D eigenvalue weighted by Gasteiger charge is -2.13. The SMILES string of the molecule is Cc1c(C(=O)Oc2ccc(Br)c3cccnc23)oc2c1/C(=N/NC(N)=S)CCC2. The molecule has 4 rings (SSSR count). The molecule has 0 saturated heterocycles. The summed E-state index contributed by atoms with van der Waals surface area (Å²) < 4.78 is 12.4. The van der Waals surface area contributed by atoms with Crippen LogP contribution in [0.5, 0.6) is 5.75 Å². The van der Waals surface area contributed by atoms with Gasteiger partial charge in [-0.1, -0.05) is 22.0 Å². The standard InChI is InChI=1S/C20H17BrN4O3S/c1-10-16-13(24-25-20(22)29)5-2-6-14(16)27-18(10)19(26)28-15-8-7-12(21)11-4-3-9-23-17(11)15/h3-4,7-9H,2,5-6H2,1H3,(H3,22,25,29)/b24-13+. The number of carbonyl (C=O) groups excluding carboxylic acids is 1. The number of furan rings is 1. The van der Waals surface area contributed by atoms with Crippen LogP contribution in [0, 0.1) is 6.92 Å². The fourth-order valence-electron chi connectivity index (χ4n) is 3.44. The van der Waals surface area contributed by atoms with Gasteiger partial charge in [0.15, 0.2) is 10.9 Å². The zero-order valence-electron chi connectivity index (χ0n) is 15.5. The van der Waals surface area contributed by atoms with E-state index in [-0.39, 0.29) is 10.9 Å². The van der Waals surface area contributed by atoms with Crippen LogP contribution in [0.1, 0.15) is 40.3 Å². The number of hydrogen-bond donors (Lipinski definition) is 2. The monoisotopic (exact) mass is 472 g/mol. The van der Waals surface area contributed by atoms with Crippen molar-refractivity contribution in [2.24, 2.45) is 10.8 Å². The number of rotatable bonds is 3. The zero-order chi connectivity index (χ0) is 20.5. The van der Waals surface area contributed by atoms with Crippen LogP contribution in [-0.2, 0) is 6.42 Å². The van der Waals surface area contributed by atoms with Crippen molar-refractivity contribution in [1.82, 2.24) is 10.4 Å². The fraction of sp³-hybridized carbons (Fsp3) is 0.200. The van der Waals surface area contributed by atoms with Gasteiger partial charge in [0, 0.05) is 33.6 Å². The number of ether oxygens (including phenoxy) is 1. The first-order valence-corrected chi connectivity index (χ1v) is 10.2. The Labute approximate surface area is 180 Å². The van der Waals surface area contributed by atoms with Crippen LogP contribution in [0.25, 0.3) is 10.9 Å². The molecular weight excluding hydrogens is 456 g/mol. The normalized spacial score (nSPS) is 14.6. The zero-order valence-corrected chi connectivity index (χ0v) is 17.9. The molecule has 0 aliphatic heterocycles. The van der Waals surface area contributed by atoms with E-state index in [4.69, 9.17) is 27.1 Å². The van der Waals surface area contributed by atoms with E-state index >= 15 is 0 Å². The number of aromatic nitrogens is 1. The van der Waals surface area contributed by atoms with Crippen molar-refractivity contribution in [3.63, 3.8) is 0 Å².